The predicted octanol–water partition coefficient (Wildman–Crippen LogP) is 4.41. The lowest BCUT2D eigenvalue weighted by molar-refractivity contribution is -0.116. The van der Waals surface area contributed by atoms with Crippen molar-refractivity contribution in [2.24, 2.45) is 0 Å². The number of fused-ring (bicyclic) bond motifs is 1. The largest absolute Gasteiger partial charge is 0.497 e. The second-order valence-corrected chi connectivity index (χ2v) is 6.71. The van der Waals surface area contributed by atoms with Crippen molar-refractivity contribution in [1.82, 2.24) is 9.55 Å². The Morgan fingerprint density at radius 3 is 2.65 bits per heavy atom. The van der Waals surface area contributed by atoms with Gasteiger partial charge in [0.25, 0.3) is 0 Å². The lowest BCUT2D eigenvalue weighted by Gasteiger charge is -2.10. The van der Waals surface area contributed by atoms with Gasteiger partial charge in [-0.3, -0.25) is 4.79 Å². The molecule has 1 amide bonds. The van der Waals surface area contributed by atoms with Gasteiger partial charge >= 0.3 is 0 Å². The zero-order chi connectivity index (χ0) is 17.9. The molecule has 0 aliphatic carbocycles. The summed E-state index contributed by atoms with van der Waals surface area (Å²) in [5.41, 5.74) is 2.56. The summed E-state index contributed by atoms with van der Waals surface area (Å²) in [7, 11) is 1.61. The average Bonchev–Trinajstić information content (AvgIpc) is 3.31. The molecule has 1 N–H and O–H groups in total. The van der Waals surface area contributed by atoms with Gasteiger partial charge < -0.3 is 14.6 Å². The molecule has 0 saturated carbocycles. The molecular formula is C20H17N3O2S. The van der Waals surface area contributed by atoms with E-state index in [1.165, 1.54) is 0 Å². The number of hydrogen-bond acceptors (Lipinski definition) is 4. The molecule has 2 aromatic heterocycles. The van der Waals surface area contributed by atoms with Crippen LogP contribution in [0.2, 0.25) is 0 Å². The number of anilines is 1. The Kier molecular flexibility index (Phi) is 4.41. The third-order valence-corrected chi connectivity index (χ3v) is 4.94. The molecular weight excluding hydrogens is 346 g/mol. The van der Waals surface area contributed by atoms with Gasteiger partial charge in [-0.15, -0.1) is 11.3 Å². The maximum atomic E-state index is 12.6. The van der Waals surface area contributed by atoms with Crippen LogP contribution in [0.3, 0.4) is 0 Å². The Morgan fingerprint density at radius 1 is 1.12 bits per heavy atom. The standard InChI is InChI=1S/C20H17N3O2S/c1-25-15-10-8-14(9-11-15)21-19(24)13-23-17-6-3-2-5-16(17)22-20(23)18-7-4-12-26-18/h2-12H,13H2,1H3,(H,21,24). The number of amides is 1. The van der Waals surface area contributed by atoms with Crippen molar-refractivity contribution in [3.63, 3.8) is 0 Å². The zero-order valence-electron chi connectivity index (χ0n) is 14.2. The number of ether oxygens (including phenoxy) is 1. The molecule has 2 aromatic carbocycles. The third-order valence-electron chi connectivity index (χ3n) is 4.07. The monoisotopic (exact) mass is 363 g/mol. The maximum absolute atomic E-state index is 12.6. The van der Waals surface area contributed by atoms with Gasteiger partial charge in [0.1, 0.15) is 12.3 Å². The van der Waals surface area contributed by atoms with Gasteiger partial charge in [-0.25, -0.2) is 4.98 Å². The number of imidazole rings is 1. The highest BCUT2D eigenvalue weighted by atomic mass is 32.1. The molecule has 0 atom stereocenters. The maximum Gasteiger partial charge on any atom is 0.244 e. The van der Waals surface area contributed by atoms with Gasteiger partial charge in [-0.05, 0) is 47.8 Å². The van der Waals surface area contributed by atoms with Crippen molar-refractivity contribution >= 4 is 34.0 Å². The van der Waals surface area contributed by atoms with Crippen LogP contribution >= 0.6 is 11.3 Å². The quantitative estimate of drug-likeness (QED) is 0.571. The number of carbonyl (C=O) groups excluding carboxylic acids is 1. The van der Waals surface area contributed by atoms with Crippen molar-refractivity contribution in [1.29, 1.82) is 0 Å². The van der Waals surface area contributed by atoms with Gasteiger partial charge in [0.05, 0.1) is 23.0 Å². The molecule has 0 bridgehead atoms. The Labute approximate surface area is 154 Å². The van der Waals surface area contributed by atoms with Crippen LogP contribution in [0.25, 0.3) is 21.7 Å². The summed E-state index contributed by atoms with van der Waals surface area (Å²) < 4.78 is 7.10. The van der Waals surface area contributed by atoms with Crippen LogP contribution in [0.4, 0.5) is 5.69 Å². The van der Waals surface area contributed by atoms with Gasteiger partial charge in [0.2, 0.25) is 5.91 Å². The van der Waals surface area contributed by atoms with Gasteiger partial charge in [0, 0.05) is 5.69 Å². The van der Waals surface area contributed by atoms with Crippen molar-refractivity contribution in [3.8, 4) is 16.5 Å². The van der Waals surface area contributed by atoms with Gasteiger partial charge in [-0.2, -0.15) is 0 Å². The lowest BCUT2D eigenvalue weighted by Crippen LogP contribution is -2.19. The van der Waals surface area contributed by atoms with Crippen LogP contribution in [0, 0.1) is 0 Å². The molecule has 2 heterocycles. The van der Waals surface area contributed by atoms with Gasteiger partial charge in [-0.1, -0.05) is 18.2 Å². The van der Waals surface area contributed by atoms with Crippen molar-refractivity contribution in [2.75, 3.05) is 12.4 Å². The SMILES string of the molecule is COc1ccc(NC(=O)Cn2c(-c3cccs3)nc3ccccc32)cc1. The molecule has 0 unspecified atom stereocenters. The molecule has 0 saturated heterocycles. The van der Waals surface area contributed by atoms with E-state index in [0.29, 0.717) is 0 Å². The smallest absolute Gasteiger partial charge is 0.244 e. The van der Waals surface area contributed by atoms with Crippen molar-refractivity contribution in [2.45, 2.75) is 6.54 Å². The Balaban J connectivity index is 1.63. The zero-order valence-corrected chi connectivity index (χ0v) is 15.0. The fraction of sp³-hybridized carbons (Fsp3) is 0.100. The molecule has 0 aliphatic heterocycles. The number of rotatable bonds is 5. The molecule has 5 nitrogen and oxygen atoms in total. The minimum Gasteiger partial charge on any atom is -0.497 e. The van der Waals surface area contributed by atoms with E-state index < -0.39 is 0 Å². The summed E-state index contributed by atoms with van der Waals surface area (Å²) in [4.78, 5) is 18.4. The van der Waals surface area contributed by atoms with Crippen molar-refractivity contribution in [3.05, 3.63) is 66.0 Å². The Hall–Kier alpha value is -3.12. The number of aromatic nitrogens is 2. The van der Waals surface area contributed by atoms with Crippen LogP contribution in [0.5, 0.6) is 5.75 Å². The predicted molar refractivity (Wildman–Crippen MR) is 105 cm³/mol. The summed E-state index contributed by atoms with van der Waals surface area (Å²) in [5.74, 6) is 1.46. The van der Waals surface area contributed by atoms with Crippen LogP contribution in [0.1, 0.15) is 0 Å². The molecule has 26 heavy (non-hydrogen) atoms. The molecule has 6 heteroatoms. The average molecular weight is 363 g/mol. The third kappa shape index (κ3) is 3.19. The second kappa shape index (κ2) is 7.01. The van der Waals surface area contributed by atoms with E-state index in [9.17, 15) is 4.79 Å². The van der Waals surface area contributed by atoms with E-state index in [2.05, 4.69) is 5.32 Å². The number of benzene rings is 2. The van der Waals surface area contributed by atoms with E-state index in [4.69, 9.17) is 9.72 Å². The Bertz CT molecular complexity index is 1040. The number of para-hydroxylation sites is 2. The van der Waals surface area contributed by atoms with Crippen LogP contribution in [-0.4, -0.2) is 22.6 Å². The number of nitrogens with zero attached hydrogens (tertiary/aromatic N) is 2. The second-order valence-electron chi connectivity index (χ2n) is 5.76. The number of carbonyl (C=O) groups is 1. The summed E-state index contributed by atoms with van der Waals surface area (Å²) in [6, 6.07) is 19.1. The summed E-state index contributed by atoms with van der Waals surface area (Å²) in [5, 5.41) is 4.94. The first kappa shape index (κ1) is 16.4. The van der Waals surface area contributed by atoms with E-state index in [1.807, 2.05) is 70.6 Å². The first-order chi connectivity index (χ1) is 12.7. The normalized spacial score (nSPS) is 10.8. The molecule has 4 aromatic rings. The lowest BCUT2D eigenvalue weighted by atomic mass is 10.3. The molecule has 0 fully saturated rings. The number of hydrogen-bond donors (Lipinski definition) is 1. The molecule has 4 rings (SSSR count). The highest BCUT2D eigenvalue weighted by Crippen LogP contribution is 2.28. The highest BCUT2D eigenvalue weighted by Gasteiger charge is 2.15. The van der Waals surface area contributed by atoms with E-state index >= 15 is 0 Å². The van der Waals surface area contributed by atoms with E-state index in [1.54, 1.807) is 18.4 Å². The fourth-order valence-corrected chi connectivity index (χ4v) is 3.57. The highest BCUT2D eigenvalue weighted by molar-refractivity contribution is 7.13. The van der Waals surface area contributed by atoms with Crippen molar-refractivity contribution < 1.29 is 9.53 Å². The van der Waals surface area contributed by atoms with E-state index in [0.717, 1.165) is 33.2 Å². The molecule has 0 spiro atoms. The Morgan fingerprint density at radius 2 is 1.92 bits per heavy atom. The topological polar surface area (TPSA) is 56.1 Å². The number of thiophene rings is 1. The fourth-order valence-electron chi connectivity index (χ4n) is 2.85. The minimum atomic E-state index is -0.101. The minimum absolute atomic E-state index is 0.101. The molecule has 130 valence electrons. The summed E-state index contributed by atoms with van der Waals surface area (Å²) in [6.07, 6.45) is 0. The van der Waals surface area contributed by atoms with E-state index in [-0.39, 0.29) is 12.5 Å². The first-order valence-corrected chi connectivity index (χ1v) is 9.05. The van der Waals surface area contributed by atoms with Crippen LogP contribution < -0.4 is 10.1 Å². The van der Waals surface area contributed by atoms with Gasteiger partial charge in [0.15, 0.2) is 5.82 Å². The molecule has 0 aliphatic rings. The summed E-state index contributed by atoms with van der Waals surface area (Å²) >= 11 is 1.61. The number of methoxy groups -OCH3 is 1. The molecule has 0 radical (unpaired) electrons. The first-order valence-electron chi connectivity index (χ1n) is 8.17. The van der Waals surface area contributed by atoms with Crippen LogP contribution in [-0.2, 0) is 11.3 Å². The number of nitrogens with one attached hydrogen (secondary N) is 1. The van der Waals surface area contributed by atoms with Crippen LogP contribution in [0.15, 0.2) is 66.0 Å². The summed E-state index contributed by atoms with van der Waals surface area (Å²) in [6.45, 7) is 0.194.